The Labute approximate surface area is 174 Å². The fourth-order valence-electron chi connectivity index (χ4n) is 3.43. The van der Waals surface area contributed by atoms with Crippen LogP contribution in [0, 0.1) is 0 Å². The predicted octanol–water partition coefficient (Wildman–Crippen LogP) is 5.09. The Kier molecular flexibility index (Phi) is 5.12. The Morgan fingerprint density at radius 1 is 1.29 bits per heavy atom. The lowest BCUT2D eigenvalue weighted by molar-refractivity contribution is 0.407. The van der Waals surface area contributed by atoms with Crippen LogP contribution < -0.4 is 10.3 Å². The molecule has 2 aromatic heterocycles. The van der Waals surface area contributed by atoms with Crippen molar-refractivity contribution < 1.29 is 9.84 Å². The highest BCUT2D eigenvalue weighted by Crippen LogP contribution is 2.36. The number of aromatic nitrogens is 2. The molecule has 0 amide bonds. The minimum absolute atomic E-state index is 0.0904. The first-order valence-electron chi connectivity index (χ1n) is 8.99. The number of aromatic hydroxyl groups is 1. The molecule has 2 heterocycles. The molecule has 0 atom stereocenters. The van der Waals surface area contributed by atoms with Crippen LogP contribution in [-0.2, 0) is 13.0 Å². The number of ether oxygens (including phenoxy) is 1. The van der Waals surface area contributed by atoms with Crippen LogP contribution in [0.4, 0.5) is 0 Å². The lowest BCUT2D eigenvalue weighted by atomic mass is 10.1. The summed E-state index contributed by atoms with van der Waals surface area (Å²) in [4.78, 5) is 19.0. The van der Waals surface area contributed by atoms with Crippen molar-refractivity contribution in [3.63, 3.8) is 0 Å². The van der Waals surface area contributed by atoms with Gasteiger partial charge in [0.25, 0.3) is 5.56 Å². The standard InChI is InChI=1S/C21H19BrN2O3S/c1-3-5-17-23-20-18(14-6-4-7-15(25)19(14)28-20)21(26)24(17)11-12-10-13(22)8-9-16(12)27-2/h4,6-10,25H,3,5,11H2,1-2H3. The topological polar surface area (TPSA) is 64.4 Å². The van der Waals surface area contributed by atoms with Gasteiger partial charge in [0.2, 0.25) is 0 Å². The molecule has 1 N–H and O–H groups in total. The molecule has 0 unspecified atom stereocenters. The largest absolute Gasteiger partial charge is 0.506 e. The van der Waals surface area contributed by atoms with Crippen molar-refractivity contribution >= 4 is 47.6 Å². The van der Waals surface area contributed by atoms with Gasteiger partial charge in [0.05, 0.1) is 23.7 Å². The van der Waals surface area contributed by atoms with E-state index in [2.05, 4.69) is 22.9 Å². The smallest absolute Gasteiger partial charge is 0.263 e. The van der Waals surface area contributed by atoms with Gasteiger partial charge in [-0.1, -0.05) is 35.0 Å². The Balaban J connectivity index is 1.99. The Hall–Kier alpha value is -2.38. The number of phenols is 1. The summed E-state index contributed by atoms with van der Waals surface area (Å²) in [5.41, 5.74) is 0.812. The second-order valence-electron chi connectivity index (χ2n) is 6.56. The number of methoxy groups -OCH3 is 1. The summed E-state index contributed by atoms with van der Waals surface area (Å²) in [5, 5.41) is 11.5. The van der Waals surface area contributed by atoms with E-state index in [1.165, 1.54) is 11.3 Å². The minimum Gasteiger partial charge on any atom is -0.506 e. The summed E-state index contributed by atoms with van der Waals surface area (Å²) in [5.74, 6) is 1.65. The van der Waals surface area contributed by atoms with E-state index in [1.807, 2.05) is 24.3 Å². The van der Waals surface area contributed by atoms with E-state index < -0.39 is 0 Å². The second-order valence-corrected chi connectivity index (χ2v) is 8.48. The summed E-state index contributed by atoms with van der Waals surface area (Å²) in [6.45, 7) is 2.44. The van der Waals surface area contributed by atoms with Gasteiger partial charge in [0, 0.05) is 21.8 Å². The van der Waals surface area contributed by atoms with E-state index in [9.17, 15) is 9.90 Å². The minimum atomic E-state index is -0.0904. The second kappa shape index (κ2) is 7.56. The maximum absolute atomic E-state index is 13.5. The van der Waals surface area contributed by atoms with Gasteiger partial charge in [0.15, 0.2) is 0 Å². The number of fused-ring (bicyclic) bond motifs is 3. The van der Waals surface area contributed by atoms with E-state index in [-0.39, 0.29) is 11.3 Å². The Morgan fingerprint density at radius 2 is 2.11 bits per heavy atom. The predicted molar refractivity (Wildman–Crippen MR) is 117 cm³/mol. The fraction of sp³-hybridized carbons (Fsp3) is 0.238. The Morgan fingerprint density at radius 3 is 2.86 bits per heavy atom. The average molecular weight is 459 g/mol. The molecular weight excluding hydrogens is 440 g/mol. The van der Waals surface area contributed by atoms with Crippen molar-refractivity contribution in [2.75, 3.05) is 7.11 Å². The molecule has 0 aliphatic heterocycles. The van der Waals surface area contributed by atoms with Crippen LogP contribution in [0.5, 0.6) is 11.5 Å². The van der Waals surface area contributed by atoms with Gasteiger partial charge in [-0.05, 0) is 30.7 Å². The molecule has 0 saturated carbocycles. The van der Waals surface area contributed by atoms with Crippen molar-refractivity contribution in [1.82, 2.24) is 9.55 Å². The molecule has 0 spiro atoms. The molecule has 0 fully saturated rings. The lowest BCUT2D eigenvalue weighted by Crippen LogP contribution is -2.25. The molecular formula is C21H19BrN2O3S. The summed E-state index contributed by atoms with van der Waals surface area (Å²) in [6, 6.07) is 11.0. The fourth-order valence-corrected chi connectivity index (χ4v) is 4.93. The van der Waals surface area contributed by atoms with Crippen LogP contribution in [0.25, 0.3) is 20.3 Å². The van der Waals surface area contributed by atoms with Crippen molar-refractivity contribution in [2.45, 2.75) is 26.3 Å². The maximum atomic E-state index is 13.5. The van der Waals surface area contributed by atoms with Gasteiger partial charge >= 0.3 is 0 Å². The van der Waals surface area contributed by atoms with Crippen LogP contribution in [0.3, 0.4) is 0 Å². The zero-order valence-electron chi connectivity index (χ0n) is 15.5. The van der Waals surface area contributed by atoms with Crippen LogP contribution in [-0.4, -0.2) is 21.8 Å². The maximum Gasteiger partial charge on any atom is 0.263 e. The number of hydrogen-bond donors (Lipinski definition) is 1. The number of hydrogen-bond acceptors (Lipinski definition) is 5. The van der Waals surface area contributed by atoms with Gasteiger partial charge < -0.3 is 9.84 Å². The van der Waals surface area contributed by atoms with Crippen molar-refractivity contribution in [3.8, 4) is 11.5 Å². The van der Waals surface area contributed by atoms with Gasteiger partial charge in [-0.3, -0.25) is 9.36 Å². The van der Waals surface area contributed by atoms with Crippen LogP contribution in [0.1, 0.15) is 24.7 Å². The monoisotopic (exact) mass is 458 g/mol. The van der Waals surface area contributed by atoms with Crippen molar-refractivity contribution in [3.05, 3.63) is 62.6 Å². The van der Waals surface area contributed by atoms with Gasteiger partial charge in [-0.25, -0.2) is 4.98 Å². The third-order valence-corrected chi connectivity index (χ3v) is 6.34. The van der Waals surface area contributed by atoms with Gasteiger partial charge in [-0.2, -0.15) is 0 Å². The molecule has 144 valence electrons. The molecule has 4 aromatic rings. The molecule has 7 heteroatoms. The number of halogens is 1. The number of benzene rings is 2. The molecule has 0 bridgehead atoms. The van der Waals surface area contributed by atoms with Crippen LogP contribution >= 0.6 is 27.3 Å². The van der Waals surface area contributed by atoms with Crippen molar-refractivity contribution in [2.24, 2.45) is 0 Å². The first-order valence-corrected chi connectivity index (χ1v) is 10.6. The van der Waals surface area contributed by atoms with Crippen LogP contribution in [0.2, 0.25) is 0 Å². The average Bonchev–Trinajstić information content (AvgIpc) is 3.05. The third-order valence-electron chi connectivity index (χ3n) is 4.72. The SMILES string of the molecule is CCCc1nc2sc3c(O)cccc3c2c(=O)n1Cc1cc(Br)ccc1OC. The highest BCUT2D eigenvalue weighted by atomic mass is 79.9. The molecule has 0 aliphatic carbocycles. The van der Waals surface area contributed by atoms with Crippen LogP contribution in [0.15, 0.2) is 45.7 Å². The summed E-state index contributed by atoms with van der Waals surface area (Å²) in [7, 11) is 1.62. The van der Waals surface area contributed by atoms with E-state index in [0.29, 0.717) is 27.9 Å². The zero-order chi connectivity index (χ0) is 19.8. The summed E-state index contributed by atoms with van der Waals surface area (Å²) < 4.78 is 8.83. The quantitative estimate of drug-likeness (QED) is 0.452. The lowest BCUT2D eigenvalue weighted by Gasteiger charge is -2.14. The Bertz CT molecular complexity index is 1250. The van der Waals surface area contributed by atoms with E-state index in [0.717, 1.165) is 33.4 Å². The van der Waals surface area contributed by atoms with Gasteiger partial charge in [-0.15, -0.1) is 11.3 Å². The number of thiophene rings is 1. The highest BCUT2D eigenvalue weighted by Gasteiger charge is 2.18. The number of nitrogens with zero attached hydrogens (tertiary/aromatic N) is 2. The molecule has 4 rings (SSSR count). The molecule has 0 radical (unpaired) electrons. The molecule has 28 heavy (non-hydrogen) atoms. The normalized spacial score (nSPS) is 11.4. The molecule has 2 aromatic carbocycles. The first-order chi connectivity index (χ1) is 13.5. The zero-order valence-corrected chi connectivity index (χ0v) is 17.9. The number of rotatable bonds is 5. The summed E-state index contributed by atoms with van der Waals surface area (Å²) in [6.07, 6.45) is 1.57. The van der Waals surface area contributed by atoms with Crippen molar-refractivity contribution in [1.29, 1.82) is 0 Å². The third kappa shape index (κ3) is 3.18. The van der Waals surface area contributed by atoms with E-state index in [1.54, 1.807) is 23.8 Å². The molecule has 5 nitrogen and oxygen atoms in total. The van der Waals surface area contributed by atoms with E-state index >= 15 is 0 Å². The molecule has 0 saturated heterocycles. The number of aryl methyl sites for hydroxylation is 1. The first kappa shape index (κ1) is 19.0. The molecule has 0 aliphatic rings. The van der Waals surface area contributed by atoms with Gasteiger partial charge in [0.1, 0.15) is 22.2 Å². The number of phenolic OH excluding ortho intramolecular Hbond substituents is 1. The summed E-state index contributed by atoms with van der Waals surface area (Å²) >= 11 is 4.86. The van der Waals surface area contributed by atoms with E-state index in [4.69, 9.17) is 9.72 Å². The highest BCUT2D eigenvalue weighted by molar-refractivity contribution is 9.10.